The fourth-order valence-corrected chi connectivity index (χ4v) is 8.97. The maximum atomic E-state index is 15.1. The molecule has 2 bridgehead atoms. The van der Waals surface area contributed by atoms with Crippen molar-refractivity contribution < 1.29 is 24.2 Å². The Hall–Kier alpha value is -3.79. The van der Waals surface area contributed by atoms with Gasteiger partial charge in [-0.3, -0.25) is 14.4 Å². The Morgan fingerprint density at radius 3 is 2.26 bits per heavy atom. The van der Waals surface area contributed by atoms with Crippen LogP contribution in [0.25, 0.3) is 10.8 Å². The molecule has 6 rings (SSSR count). The smallest absolute Gasteiger partial charge is 0.253 e. The molecule has 3 aromatic carbocycles. The number of hydrogen-bond donors (Lipinski definition) is 1. The molecule has 3 aliphatic heterocycles. The number of ether oxygens (including phenoxy) is 1. The van der Waals surface area contributed by atoms with Crippen LogP contribution in [0.5, 0.6) is 0 Å². The van der Waals surface area contributed by atoms with Gasteiger partial charge < -0.3 is 24.5 Å². The summed E-state index contributed by atoms with van der Waals surface area (Å²) in [6, 6.07) is 21.4. The maximum Gasteiger partial charge on any atom is 0.253 e. The van der Waals surface area contributed by atoms with Crippen molar-refractivity contribution in [3.05, 3.63) is 98.1 Å². The molecule has 1 N–H and O–H groups in total. The lowest BCUT2D eigenvalue weighted by Crippen LogP contribution is -2.59. The summed E-state index contributed by atoms with van der Waals surface area (Å²) in [5.41, 5.74) is 0.0867. The molecule has 1 spiro atoms. The highest BCUT2D eigenvalue weighted by atomic mass is 79.9. The molecule has 7 atom stereocenters. The van der Waals surface area contributed by atoms with E-state index < -0.39 is 35.6 Å². The SMILES string of the molecule is C=CCN(C(=O)C1N([C@@H](CO)CC(C)C)C(=O)[C@@H]2[C@H](C(=O)N(CC=C)c3ccccc3)[C@H]3OC12CC3Br)c1ccc2ccccc2c1. The minimum Gasteiger partial charge on any atom is -0.394 e. The number of nitrogens with zero attached hydrogens (tertiary/aromatic N) is 3. The van der Waals surface area contributed by atoms with Crippen molar-refractivity contribution in [1.82, 2.24) is 4.90 Å². The molecule has 0 radical (unpaired) electrons. The lowest BCUT2D eigenvalue weighted by atomic mass is 9.70. The number of rotatable bonds is 12. The summed E-state index contributed by atoms with van der Waals surface area (Å²) in [7, 11) is 0. The van der Waals surface area contributed by atoms with Crippen LogP contribution in [0.15, 0.2) is 98.1 Å². The number of hydrogen-bond acceptors (Lipinski definition) is 5. The third kappa shape index (κ3) is 5.62. The summed E-state index contributed by atoms with van der Waals surface area (Å²) in [6.07, 6.45) is 3.57. The van der Waals surface area contributed by atoms with Gasteiger partial charge in [0.2, 0.25) is 11.8 Å². The van der Waals surface area contributed by atoms with E-state index >= 15 is 4.79 Å². The van der Waals surface area contributed by atoms with Gasteiger partial charge in [-0.05, 0) is 53.8 Å². The Morgan fingerprint density at radius 2 is 1.62 bits per heavy atom. The minimum atomic E-state index is -1.27. The van der Waals surface area contributed by atoms with E-state index in [9.17, 15) is 14.7 Å². The van der Waals surface area contributed by atoms with Gasteiger partial charge in [0.1, 0.15) is 11.6 Å². The van der Waals surface area contributed by atoms with Gasteiger partial charge >= 0.3 is 0 Å². The molecule has 3 fully saturated rings. The van der Waals surface area contributed by atoms with E-state index in [4.69, 9.17) is 4.74 Å². The first-order valence-electron chi connectivity index (χ1n) is 16.3. The first-order valence-corrected chi connectivity index (χ1v) is 17.2. The highest BCUT2D eigenvalue weighted by Crippen LogP contribution is 2.61. The normalized spacial score (nSPS) is 26.8. The number of benzene rings is 3. The molecule has 246 valence electrons. The number of likely N-dealkylation sites (tertiary alicyclic amines) is 1. The molecule has 0 aromatic heterocycles. The zero-order valence-corrected chi connectivity index (χ0v) is 28.5. The van der Waals surface area contributed by atoms with Crippen molar-refractivity contribution in [2.24, 2.45) is 17.8 Å². The number of anilines is 2. The first kappa shape index (κ1) is 33.1. The number of alkyl halides is 1. The van der Waals surface area contributed by atoms with E-state index in [1.165, 1.54) is 0 Å². The molecule has 3 amide bonds. The second-order valence-corrected chi connectivity index (χ2v) is 14.4. The molecular weight excluding hydrogens is 658 g/mol. The second kappa shape index (κ2) is 13.4. The summed E-state index contributed by atoms with van der Waals surface area (Å²) < 4.78 is 6.82. The van der Waals surface area contributed by atoms with E-state index in [0.29, 0.717) is 24.2 Å². The lowest BCUT2D eigenvalue weighted by Gasteiger charge is -2.40. The van der Waals surface area contributed by atoms with Gasteiger partial charge in [-0.1, -0.05) is 90.5 Å². The molecular formula is C38H42BrN3O5. The number of halogens is 1. The van der Waals surface area contributed by atoms with Crippen LogP contribution in [0, 0.1) is 17.8 Å². The fraction of sp³-hybridized carbons (Fsp3) is 0.395. The standard InChI is InChI=1S/C38H42BrN3O5/c1-5-18-40(27-14-8-7-9-15-27)35(44)31-32-36(45)42(29(23-43)20-24(3)4)34(38(32)22-30(39)33(31)47-38)37(46)41(19-6-2)28-17-16-25-12-10-11-13-26(25)21-28/h5-17,21,24,29-34,43H,1-2,18-20,22-23H2,3-4H3/t29-,30?,31+,32+,33+,34?,38?/m1/s1. The molecule has 8 nitrogen and oxygen atoms in total. The Bertz CT molecular complexity index is 1680. The van der Waals surface area contributed by atoms with Gasteiger partial charge in [-0.2, -0.15) is 0 Å². The molecule has 0 saturated carbocycles. The Labute approximate surface area is 284 Å². The second-order valence-electron chi connectivity index (χ2n) is 13.2. The predicted octanol–water partition coefficient (Wildman–Crippen LogP) is 5.73. The highest BCUT2D eigenvalue weighted by Gasteiger charge is 2.77. The Morgan fingerprint density at radius 1 is 0.979 bits per heavy atom. The predicted molar refractivity (Wildman–Crippen MR) is 188 cm³/mol. The minimum absolute atomic E-state index is 0.137. The summed E-state index contributed by atoms with van der Waals surface area (Å²) in [4.78, 5) is 49.1. The number of aliphatic hydroxyl groups excluding tert-OH is 1. The number of carbonyl (C=O) groups excluding carboxylic acids is 3. The number of amides is 3. The van der Waals surface area contributed by atoms with Crippen LogP contribution in [-0.2, 0) is 19.1 Å². The molecule has 3 aromatic rings. The summed E-state index contributed by atoms with van der Waals surface area (Å²) >= 11 is 3.79. The number of para-hydroxylation sites is 1. The topological polar surface area (TPSA) is 90.4 Å². The zero-order chi connectivity index (χ0) is 33.5. The van der Waals surface area contributed by atoms with Crippen LogP contribution >= 0.6 is 15.9 Å². The van der Waals surface area contributed by atoms with Crippen molar-refractivity contribution in [2.45, 2.75) is 55.3 Å². The molecule has 3 saturated heterocycles. The fourth-order valence-electron chi connectivity index (χ4n) is 8.03. The van der Waals surface area contributed by atoms with E-state index in [1.54, 1.807) is 26.9 Å². The summed E-state index contributed by atoms with van der Waals surface area (Å²) in [5.74, 6) is -2.50. The van der Waals surface area contributed by atoms with Crippen LogP contribution < -0.4 is 9.80 Å². The lowest BCUT2D eigenvalue weighted by molar-refractivity contribution is -0.144. The number of carbonyl (C=O) groups is 3. The summed E-state index contributed by atoms with van der Waals surface area (Å²) in [6.45, 7) is 12.0. The highest BCUT2D eigenvalue weighted by molar-refractivity contribution is 9.09. The van der Waals surface area contributed by atoms with E-state index in [-0.39, 0.29) is 48.2 Å². The third-order valence-corrected chi connectivity index (χ3v) is 10.7. The average molecular weight is 701 g/mol. The average Bonchev–Trinajstić information content (AvgIpc) is 3.67. The quantitative estimate of drug-likeness (QED) is 0.193. The van der Waals surface area contributed by atoms with Crippen LogP contribution in [0.3, 0.4) is 0 Å². The van der Waals surface area contributed by atoms with Crippen LogP contribution in [-0.4, -0.2) is 76.0 Å². The molecule has 3 aliphatic rings. The van der Waals surface area contributed by atoms with Gasteiger partial charge in [-0.15, -0.1) is 13.2 Å². The molecule has 3 unspecified atom stereocenters. The first-order chi connectivity index (χ1) is 22.7. The monoisotopic (exact) mass is 699 g/mol. The van der Waals surface area contributed by atoms with Gasteiger partial charge in [-0.25, -0.2) is 0 Å². The van der Waals surface area contributed by atoms with E-state index in [0.717, 1.165) is 10.8 Å². The van der Waals surface area contributed by atoms with Crippen molar-refractivity contribution in [1.29, 1.82) is 0 Å². The number of fused-ring (bicyclic) bond motifs is 2. The van der Waals surface area contributed by atoms with Gasteiger partial charge in [0.15, 0.2) is 0 Å². The third-order valence-electron chi connectivity index (χ3n) is 9.86. The van der Waals surface area contributed by atoms with E-state index in [1.807, 2.05) is 86.6 Å². The van der Waals surface area contributed by atoms with Crippen molar-refractivity contribution in [3.63, 3.8) is 0 Å². The van der Waals surface area contributed by atoms with Gasteiger partial charge in [0, 0.05) is 29.3 Å². The summed E-state index contributed by atoms with van der Waals surface area (Å²) in [5, 5.41) is 12.7. The van der Waals surface area contributed by atoms with Crippen molar-refractivity contribution >= 4 is 55.8 Å². The van der Waals surface area contributed by atoms with Crippen LogP contribution in [0.2, 0.25) is 0 Å². The molecule has 9 heteroatoms. The zero-order valence-electron chi connectivity index (χ0n) is 26.9. The van der Waals surface area contributed by atoms with Gasteiger partial charge in [0.25, 0.3) is 5.91 Å². The molecule has 0 aliphatic carbocycles. The largest absolute Gasteiger partial charge is 0.394 e. The van der Waals surface area contributed by atoms with Crippen molar-refractivity contribution in [3.8, 4) is 0 Å². The Balaban J connectivity index is 1.47. The number of aliphatic hydroxyl groups is 1. The Kier molecular flexibility index (Phi) is 9.43. The molecule has 3 heterocycles. The van der Waals surface area contributed by atoms with Crippen LogP contribution in [0.1, 0.15) is 26.7 Å². The van der Waals surface area contributed by atoms with E-state index in [2.05, 4.69) is 29.1 Å². The van der Waals surface area contributed by atoms with Crippen LogP contribution in [0.4, 0.5) is 11.4 Å². The molecule has 47 heavy (non-hydrogen) atoms. The maximum absolute atomic E-state index is 15.1. The van der Waals surface area contributed by atoms with Crippen molar-refractivity contribution in [2.75, 3.05) is 29.5 Å². The van der Waals surface area contributed by atoms with Gasteiger partial charge in [0.05, 0.1) is 30.6 Å².